The molecule has 0 bridgehead atoms. The normalized spacial score (nSPS) is 9.64. The molecule has 28 heavy (non-hydrogen) atoms. The van der Waals surface area contributed by atoms with E-state index in [1.165, 1.54) is 6.08 Å². The Hall–Kier alpha value is -4.02. The van der Waals surface area contributed by atoms with Crippen molar-refractivity contribution < 1.29 is 9.47 Å². The number of ether oxygens (including phenoxy) is 2. The summed E-state index contributed by atoms with van der Waals surface area (Å²) in [4.78, 5) is 0. The molecule has 3 aromatic rings. The summed E-state index contributed by atoms with van der Waals surface area (Å²) in [5.41, 5.74) is 2.79. The minimum absolute atomic E-state index is 0.0224. The highest BCUT2D eigenvalue weighted by atomic mass is 16.5. The monoisotopic (exact) mass is 366 g/mol. The first-order chi connectivity index (χ1) is 13.8. The zero-order chi connectivity index (χ0) is 19.6. The Morgan fingerprint density at radius 2 is 1.18 bits per heavy atom. The molecule has 3 rings (SSSR count). The van der Waals surface area contributed by atoms with Gasteiger partial charge in [-0.25, -0.2) is 0 Å². The second-order valence-electron chi connectivity index (χ2n) is 6.07. The molecule has 0 fully saturated rings. The van der Waals surface area contributed by atoms with Crippen LogP contribution in [0, 0.1) is 22.7 Å². The molecule has 0 atom stereocenters. The predicted octanol–water partition coefficient (Wildman–Crippen LogP) is 5.28. The molecule has 0 unspecified atom stereocenters. The van der Waals surface area contributed by atoms with Crippen molar-refractivity contribution >= 4 is 6.08 Å². The van der Waals surface area contributed by atoms with E-state index in [2.05, 4.69) is 0 Å². The maximum Gasteiger partial charge on any atom is 0.130 e. The maximum atomic E-state index is 9.03. The number of hydrogen-bond acceptors (Lipinski definition) is 4. The fourth-order valence-corrected chi connectivity index (χ4v) is 2.58. The van der Waals surface area contributed by atoms with E-state index >= 15 is 0 Å². The minimum atomic E-state index is 0.0224. The molecule has 0 aliphatic heterocycles. The molecule has 136 valence electrons. The number of nitrogens with zero attached hydrogens (tertiary/aromatic N) is 2. The molecule has 4 nitrogen and oxygen atoms in total. The molecule has 0 saturated heterocycles. The summed E-state index contributed by atoms with van der Waals surface area (Å²) < 4.78 is 11.8. The van der Waals surface area contributed by atoms with E-state index in [1.54, 1.807) is 12.1 Å². The first kappa shape index (κ1) is 18.8. The van der Waals surface area contributed by atoms with E-state index < -0.39 is 0 Å². The van der Waals surface area contributed by atoms with Crippen molar-refractivity contribution in [3.8, 4) is 23.6 Å². The summed E-state index contributed by atoms with van der Waals surface area (Å²) in [5, 5.41) is 18.1. The molecular weight excluding hydrogens is 348 g/mol. The van der Waals surface area contributed by atoms with Crippen LogP contribution in [0.25, 0.3) is 6.08 Å². The van der Waals surface area contributed by atoms with Crippen molar-refractivity contribution in [3.63, 3.8) is 0 Å². The van der Waals surface area contributed by atoms with Crippen LogP contribution in [0.4, 0.5) is 0 Å². The Morgan fingerprint density at radius 1 is 0.714 bits per heavy atom. The third kappa shape index (κ3) is 5.49. The third-order valence-corrected chi connectivity index (χ3v) is 3.95. The van der Waals surface area contributed by atoms with Crippen molar-refractivity contribution in [2.45, 2.75) is 13.2 Å². The largest absolute Gasteiger partial charge is 0.489 e. The summed E-state index contributed by atoms with van der Waals surface area (Å²) in [6.45, 7) is 0.824. The van der Waals surface area contributed by atoms with Crippen molar-refractivity contribution in [2.24, 2.45) is 0 Å². The molecule has 0 aliphatic rings. The second kappa shape index (κ2) is 9.62. The van der Waals surface area contributed by atoms with E-state index in [0.717, 1.165) is 11.1 Å². The number of allylic oxidation sites excluding steroid dienone is 1. The first-order valence-corrected chi connectivity index (χ1v) is 8.77. The van der Waals surface area contributed by atoms with E-state index in [-0.39, 0.29) is 5.57 Å². The lowest BCUT2D eigenvalue weighted by Crippen LogP contribution is -1.98. The Kier molecular flexibility index (Phi) is 6.44. The molecule has 0 radical (unpaired) electrons. The zero-order valence-corrected chi connectivity index (χ0v) is 15.2. The van der Waals surface area contributed by atoms with E-state index in [4.69, 9.17) is 20.0 Å². The lowest BCUT2D eigenvalue weighted by Gasteiger charge is -2.12. The Bertz CT molecular complexity index is 952. The predicted molar refractivity (Wildman–Crippen MR) is 107 cm³/mol. The topological polar surface area (TPSA) is 66.0 Å². The van der Waals surface area contributed by atoms with E-state index in [1.807, 2.05) is 78.9 Å². The highest BCUT2D eigenvalue weighted by molar-refractivity contribution is 5.64. The van der Waals surface area contributed by atoms with Crippen molar-refractivity contribution in [2.75, 3.05) is 0 Å². The Morgan fingerprint density at radius 3 is 1.61 bits per heavy atom. The SMILES string of the molecule is N#CC(C#N)=Cc1cc(OCc2ccccc2)cc(OCc2ccccc2)c1. The smallest absolute Gasteiger partial charge is 0.130 e. The second-order valence-corrected chi connectivity index (χ2v) is 6.07. The summed E-state index contributed by atoms with van der Waals surface area (Å²) in [6, 6.07) is 28.8. The van der Waals surface area contributed by atoms with Crippen LogP contribution in [0.1, 0.15) is 16.7 Å². The average molecular weight is 366 g/mol. The summed E-state index contributed by atoms with van der Waals surface area (Å²) in [5.74, 6) is 1.21. The molecule has 0 saturated carbocycles. The Balaban J connectivity index is 1.82. The van der Waals surface area contributed by atoms with E-state index in [9.17, 15) is 0 Å². The van der Waals surface area contributed by atoms with Gasteiger partial charge in [-0.2, -0.15) is 10.5 Å². The molecule has 0 N–H and O–H groups in total. The molecule has 0 spiro atoms. The standard InChI is InChI=1S/C24H18N2O2/c25-15-22(16-26)11-21-12-23(27-17-19-7-3-1-4-8-19)14-24(13-21)28-18-20-9-5-2-6-10-20/h1-14H,17-18H2. The summed E-state index contributed by atoms with van der Waals surface area (Å²) in [7, 11) is 0. The quantitative estimate of drug-likeness (QED) is 0.534. The van der Waals surface area contributed by atoms with Gasteiger partial charge in [-0.15, -0.1) is 0 Å². The summed E-state index contributed by atoms with van der Waals surface area (Å²) >= 11 is 0. The number of rotatable bonds is 7. The average Bonchev–Trinajstić information content (AvgIpc) is 2.76. The van der Waals surface area contributed by atoms with Crippen molar-refractivity contribution in [1.82, 2.24) is 0 Å². The van der Waals surface area contributed by atoms with Crippen LogP contribution in [0.3, 0.4) is 0 Å². The Labute approximate surface area is 164 Å². The number of benzene rings is 3. The number of nitriles is 2. The highest BCUT2D eigenvalue weighted by Crippen LogP contribution is 2.26. The molecule has 0 aliphatic carbocycles. The molecule has 0 amide bonds. The van der Waals surface area contributed by atoms with Gasteiger partial charge in [-0.1, -0.05) is 60.7 Å². The van der Waals surface area contributed by atoms with Crippen LogP contribution in [0.2, 0.25) is 0 Å². The van der Waals surface area contributed by atoms with Crippen molar-refractivity contribution in [3.05, 3.63) is 101 Å². The van der Waals surface area contributed by atoms with Gasteiger partial charge in [0.25, 0.3) is 0 Å². The third-order valence-electron chi connectivity index (χ3n) is 3.95. The van der Waals surface area contributed by atoms with Crippen LogP contribution < -0.4 is 9.47 Å². The highest BCUT2D eigenvalue weighted by Gasteiger charge is 2.05. The van der Waals surface area contributed by atoms with E-state index in [0.29, 0.717) is 30.3 Å². The minimum Gasteiger partial charge on any atom is -0.489 e. The fraction of sp³-hybridized carbons (Fsp3) is 0.0833. The van der Waals surface area contributed by atoms with Gasteiger partial charge < -0.3 is 9.47 Å². The summed E-state index contributed by atoms with van der Waals surface area (Å²) in [6.07, 6.45) is 1.52. The van der Waals surface area contributed by atoms with Gasteiger partial charge in [0.2, 0.25) is 0 Å². The molecular formula is C24H18N2O2. The van der Waals surface area contributed by atoms with Gasteiger partial charge in [0.05, 0.1) is 0 Å². The lowest BCUT2D eigenvalue weighted by molar-refractivity contribution is 0.290. The van der Waals surface area contributed by atoms with Gasteiger partial charge >= 0.3 is 0 Å². The number of hydrogen-bond donors (Lipinski definition) is 0. The fourth-order valence-electron chi connectivity index (χ4n) is 2.58. The van der Waals surface area contributed by atoms with Crippen LogP contribution in [0.5, 0.6) is 11.5 Å². The molecule has 0 aromatic heterocycles. The van der Waals surface area contributed by atoms with Gasteiger partial charge in [0.1, 0.15) is 42.4 Å². The first-order valence-electron chi connectivity index (χ1n) is 8.77. The van der Waals surface area contributed by atoms with Crippen LogP contribution in [0.15, 0.2) is 84.4 Å². The van der Waals surface area contributed by atoms with Gasteiger partial charge in [0, 0.05) is 6.07 Å². The van der Waals surface area contributed by atoms with Crippen molar-refractivity contribution in [1.29, 1.82) is 10.5 Å². The maximum absolute atomic E-state index is 9.03. The van der Waals surface area contributed by atoms with Gasteiger partial charge in [-0.05, 0) is 34.9 Å². The molecule has 0 heterocycles. The van der Waals surface area contributed by atoms with Crippen LogP contribution >= 0.6 is 0 Å². The van der Waals surface area contributed by atoms with Gasteiger partial charge in [0.15, 0.2) is 0 Å². The van der Waals surface area contributed by atoms with Crippen LogP contribution in [-0.4, -0.2) is 0 Å². The van der Waals surface area contributed by atoms with Gasteiger partial charge in [-0.3, -0.25) is 0 Å². The lowest BCUT2D eigenvalue weighted by atomic mass is 10.1. The molecule has 4 heteroatoms. The zero-order valence-electron chi connectivity index (χ0n) is 15.2. The molecule has 3 aromatic carbocycles. The van der Waals surface area contributed by atoms with Crippen LogP contribution in [-0.2, 0) is 13.2 Å².